The molecule has 2 aliphatic heterocycles. The van der Waals surface area contributed by atoms with Crippen molar-refractivity contribution in [2.24, 2.45) is 0 Å². The number of pyridine rings is 1. The maximum atomic E-state index is 12.6. The second-order valence-electron chi connectivity index (χ2n) is 8.38. The lowest BCUT2D eigenvalue weighted by molar-refractivity contribution is -0.129. The summed E-state index contributed by atoms with van der Waals surface area (Å²) in [7, 11) is 0. The molecule has 2 fully saturated rings. The van der Waals surface area contributed by atoms with Crippen molar-refractivity contribution in [1.29, 1.82) is 0 Å². The molecule has 0 radical (unpaired) electrons. The van der Waals surface area contributed by atoms with Crippen LogP contribution >= 0.6 is 23.4 Å². The van der Waals surface area contributed by atoms with Crippen molar-refractivity contribution >= 4 is 47.1 Å². The van der Waals surface area contributed by atoms with E-state index in [0.717, 1.165) is 5.56 Å². The van der Waals surface area contributed by atoms with E-state index in [0.29, 0.717) is 36.8 Å². The van der Waals surface area contributed by atoms with Crippen LogP contribution in [0, 0.1) is 0 Å². The molecule has 8 nitrogen and oxygen atoms in total. The molecule has 0 unspecified atom stereocenters. The average Bonchev–Trinajstić information content (AvgIpc) is 3.15. The summed E-state index contributed by atoms with van der Waals surface area (Å²) in [5, 5.41) is 3.17. The van der Waals surface area contributed by atoms with E-state index in [1.807, 2.05) is 47.1 Å². The van der Waals surface area contributed by atoms with Crippen LogP contribution in [0.2, 0.25) is 5.02 Å². The molecule has 4 rings (SSSR count). The van der Waals surface area contributed by atoms with E-state index in [-0.39, 0.29) is 47.6 Å². The number of benzene rings is 1. The Hall–Kier alpha value is -2.78. The van der Waals surface area contributed by atoms with Gasteiger partial charge in [-0.05, 0) is 37.5 Å². The van der Waals surface area contributed by atoms with Gasteiger partial charge in [-0.25, -0.2) is 9.78 Å². The molecule has 180 valence electrons. The van der Waals surface area contributed by atoms with Gasteiger partial charge in [0.05, 0.1) is 22.6 Å². The van der Waals surface area contributed by atoms with Gasteiger partial charge < -0.3 is 15.0 Å². The number of piperidine rings is 1. The Labute approximate surface area is 208 Å². The predicted octanol–water partition coefficient (Wildman–Crippen LogP) is 3.98. The van der Waals surface area contributed by atoms with E-state index < -0.39 is 0 Å². The lowest BCUT2D eigenvalue weighted by Gasteiger charge is -2.37. The number of halogens is 1. The SMILES string of the molecule is C[C@@H]1[C@H](c2ccccc2)OC(=O)N1C1CCN(C(=O)CSCC(=O)Nc2ccc(Cl)cn2)CC1. The lowest BCUT2D eigenvalue weighted by atomic mass is 9.98. The Balaban J connectivity index is 1.20. The Bertz CT molecular complexity index is 1020. The van der Waals surface area contributed by atoms with E-state index in [4.69, 9.17) is 16.3 Å². The van der Waals surface area contributed by atoms with E-state index in [1.54, 1.807) is 12.1 Å². The number of nitrogens with zero attached hydrogens (tertiary/aromatic N) is 3. The van der Waals surface area contributed by atoms with Crippen molar-refractivity contribution in [3.8, 4) is 0 Å². The molecule has 2 aromatic rings. The zero-order valence-corrected chi connectivity index (χ0v) is 20.4. The first kappa shape index (κ1) is 24.3. The van der Waals surface area contributed by atoms with Crippen LogP contribution in [0.5, 0.6) is 0 Å². The molecular weight excluding hydrogens is 476 g/mol. The van der Waals surface area contributed by atoms with Gasteiger partial charge in [-0.15, -0.1) is 11.8 Å². The Morgan fingerprint density at radius 3 is 2.56 bits per heavy atom. The van der Waals surface area contributed by atoms with Gasteiger partial charge in [-0.1, -0.05) is 41.9 Å². The van der Waals surface area contributed by atoms with Crippen molar-refractivity contribution in [2.75, 3.05) is 29.9 Å². The van der Waals surface area contributed by atoms with Gasteiger partial charge >= 0.3 is 6.09 Å². The molecule has 3 amide bonds. The summed E-state index contributed by atoms with van der Waals surface area (Å²) in [5.41, 5.74) is 0.992. The minimum atomic E-state index is -0.289. The molecule has 0 spiro atoms. The number of carbonyl (C=O) groups excluding carboxylic acids is 3. The fraction of sp³-hybridized carbons (Fsp3) is 0.417. The van der Waals surface area contributed by atoms with Gasteiger partial charge in [0.15, 0.2) is 0 Å². The van der Waals surface area contributed by atoms with Gasteiger partial charge in [-0.2, -0.15) is 0 Å². The largest absolute Gasteiger partial charge is 0.439 e. The Morgan fingerprint density at radius 1 is 1.15 bits per heavy atom. The number of hydrogen-bond donors (Lipinski definition) is 1. The number of likely N-dealkylation sites (tertiary alicyclic amines) is 1. The van der Waals surface area contributed by atoms with E-state index >= 15 is 0 Å². The van der Waals surface area contributed by atoms with Crippen LogP contribution in [-0.4, -0.2) is 69.4 Å². The number of cyclic esters (lactones) is 1. The van der Waals surface area contributed by atoms with E-state index in [9.17, 15) is 14.4 Å². The van der Waals surface area contributed by atoms with Crippen LogP contribution in [0.1, 0.15) is 31.4 Å². The molecule has 0 bridgehead atoms. The molecule has 0 aliphatic carbocycles. The summed E-state index contributed by atoms with van der Waals surface area (Å²) in [6, 6.07) is 13.0. The second kappa shape index (κ2) is 11.1. The number of hydrogen-bond acceptors (Lipinski definition) is 6. The molecule has 10 heteroatoms. The maximum Gasteiger partial charge on any atom is 0.411 e. The molecule has 0 saturated carbocycles. The Morgan fingerprint density at radius 2 is 1.88 bits per heavy atom. The van der Waals surface area contributed by atoms with E-state index in [2.05, 4.69) is 10.3 Å². The zero-order chi connectivity index (χ0) is 24.1. The minimum absolute atomic E-state index is 0.0000713. The van der Waals surface area contributed by atoms with Gasteiger partial charge in [-0.3, -0.25) is 14.5 Å². The summed E-state index contributed by atoms with van der Waals surface area (Å²) in [5.74, 6) is 0.586. The van der Waals surface area contributed by atoms with Gasteiger partial charge in [0.2, 0.25) is 11.8 Å². The fourth-order valence-corrected chi connectivity index (χ4v) is 5.22. The van der Waals surface area contributed by atoms with Crippen molar-refractivity contribution in [3.63, 3.8) is 0 Å². The first-order valence-electron chi connectivity index (χ1n) is 11.2. The summed E-state index contributed by atoms with van der Waals surface area (Å²) < 4.78 is 5.68. The summed E-state index contributed by atoms with van der Waals surface area (Å²) >= 11 is 7.05. The Kier molecular flexibility index (Phi) is 7.95. The highest BCUT2D eigenvalue weighted by atomic mass is 35.5. The highest BCUT2D eigenvalue weighted by molar-refractivity contribution is 8.00. The monoisotopic (exact) mass is 502 g/mol. The zero-order valence-electron chi connectivity index (χ0n) is 18.9. The van der Waals surface area contributed by atoms with Crippen molar-refractivity contribution < 1.29 is 19.1 Å². The molecular formula is C24H27ClN4O4S. The number of anilines is 1. The molecule has 1 N–H and O–H groups in total. The quantitative estimate of drug-likeness (QED) is 0.615. The first-order valence-corrected chi connectivity index (χ1v) is 12.8. The van der Waals surface area contributed by atoms with Crippen molar-refractivity contribution in [3.05, 3.63) is 59.2 Å². The van der Waals surface area contributed by atoms with Crippen LogP contribution in [0.4, 0.5) is 10.6 Å². The summed E-state index contributed by atoms with van der Waals surface area (Å²) in [4.78, 5) is 44.9. The smallest absolute Gasteiger partial charge is 0.411 e. The molecule has 2 aliphatic rings. The number of ether oxygens (including phenoxy) is 1. The average molecular weight is 503 g/mol. The molecule has 1 aromatic heterocycles. The minimum Gasteiger partial charge on any atom is -0.439 e. The van der Waals surface area contributed by atoms with Crippen LogP contribution in [0.3, 0.4) is 0 Å². The second-order valence-corrected chi connectivity index (χ2v) is 9.80. The number of nitrogens with one attached hydrogen (secondary N) is 1. The summed E-state index contributed by atoms with van der Waals surface area (Å²) in [6.07, 6.45) is 2.31. The highest BCUT2D eigenvalue weighted by Gasteiger charge is 2.44. The molecule has 2 saturated heterocycles. The maximum absolute atomic E-state index is 12.6. The third-order valence-electron chi connectivity index (χ3n) is 6.11. The predicted molar refractivity (Wildman–Crippen MR) is 132 cm³/mol. The molecule has 2 atom stereocenters. The molecule has 1 aromatic carbocycles. The van der Waals surface area contributed by atoms with Crippen LogP contribution in [0.25, 0.3) is 0 Å². The first-order chi connectivity index (χ1) is 16.4. The number of thioether (sulfide) groups is 1. The number of aromatic nitrogens is 1. The third-order valence-corrected chi connectivity index (χ3v) is 7.25. The lowest BCUT2D eigenvalue weighted by Crippen LogP contribution is -2.49. The van der Waals surface area contributed by atoms with Crippen molar-refractivity contribution in [2.45, 2.75) is 38.0 Å². The third kappa shape index (κ3) is 5.82. The summed E-state index contributed by atoms with van der Waals surface area (Å²) in [6.45, 7) is 3.18. The normalized spacial score (nSPS) is 20.8. The highest BCUT2D eigenvalue weighted by Crippen LogP contribution is 2.35. The standard InChI is InChI=1S/C24H27ClN4O4S/c1-16-23(17-5-3-2-4-6-17)33-24(32)29(16)19-9-11-28(12-10-19)22(31)15-34-14-21(30)27-20-8-7-18(25)13-26-20/h2-8,13,16,19,23H,9-12,14-15H2,1H3,(H,26,27,30)/t16-,23-/m1/s1. The molecule has 34 heavy (non-hydrogen) atoms. The number of amides is 3. The van der Waals surface area contributed by atoms with Gasteiger partial charge in [0, 0.05) is 25.3 Å². The van der Waals surface area contributed by atoms with Gasteiger partial charge in [0.1, 0.15) is 11.9 Å². The van der Waals surface area contributed by atoms with E-state index in [1.165, 1.54) is 18.0 Å². The fourth-order valence-electron chi connectivity index (χ4n) is 4.40. The van der Waals surface area contributed by atoms with Crippen LogP contribution in [-0.2, 0) is 14.3 Å². The van der Waals surface area contributed by atoms with Gasteiger partial charge in [0.25, 0.3) is 0 Å². The number of carbonyl (C=O) groups is 3. The van der Waals surface area contributed by atoms with Crippen molar-refractivity contribution in [1.82, 2.24) is 14.8 Å². The number of rotatable bonds is 7. The van der Waals surface area contributed by atoms with Crippen LogP contribution in [0.15, 0.2) is 48.7 Å². The molecule has 3 heterocycles. The van der Waals surface area contributed by atoms with Crippen LogP contribution < -0.4 is 5.32 Å². The topological polar surface area (TPSA) is 91.8 Å².